The number of amides is 1. The zero-order chi connectivity index (χ0) is 24.0. The molecule has 9 heteroatoms. The number of halogens is 2. The minimum Gasteiger partial charge on any atom is -0.491 e. The maximum Gasteiger partial charge on any atom is 0.251 e. The van der Waals surface area contributed by atoms with Crippen LogP contribution in [0.4, 0.5) is 5.69 Å². The van der Waals surface area contributed by atoms with Crippen LogP contribution in [-0.4, -0.2) is 33.7 Å². The highest BCUT2D eigenvalue weighted by atomic mass is 35.5. The number of ether oxygens (including phenoxy) is 1. The van der Waals surface area contributed by atoms with E-state index < -0.39 is 10.0 Å². The lowest BCUT2D eigenvalue weighted by Gasteiger charge is -2.24. The van der Waals surface area contributed by atoms with Crippen molar-refractivity contribution in [2.75, 3.05) is 23.7 Å². The molecule has 0 spiro atoms. The van der Waals surface area contributed by atoms with Crippen molar-refractivity contribution >= 4 is 44.8 Å². The number of hydrogen-bond donors (Lipinski definition) is 1. The van der Waals surface area contributed by atoms with Gasteiger partial charge in [0.25, 0.3) is 5.91 Å². The van der Waals surface area contributed by atoms with Gasteiger partial charge in [0.15, 0.2) is 0 Å². The first kappa shape index (κ1) is 24.9. The van der Waals surface area contributed by atoms with Crippen molar-refractivity contribution in [3.8, 4) is 5.75 Å². The third kappa shape index (κ3) is 6.63. The van der Waals surface area contributed by atoms with Gasteiger partial charge in [0.05, 0.1) is 35.1 Å². The SMILES string of the molecule is Cc1ccccc1OCCNC(=O)c1ccc(CN(c2cccc(Cl)c2Cl)S(C)(=O)=O)cc1. The number of nitrogens with one attached hydrogen (secondary N) is 1. The van der Waals surface area contributed by atoms with E-state index in [1.807, 2.05) is 31.2 Å². The van der Waals surface area contributed by atoms with Crippen LogP contribution in [-0.2, 0) is 16.6 Å². The summed E-state index contributed by atoms with van der Waals surface area (Å²) < 4.78 is 31.6. The molecule has 0 saturated heterocycles. The van der Waals surface area contributed by atoms with E-state index in [-0.39, 0.29) is 22.5 Å². The molecule has 1 amide bonds. The van der Waals surface area contributed by atoms with Gasteiger partial charge in [0.1, 0.15) is 12.4 Å². The number of sulfonamides is 1. The Hall–Kier alpha value is -2.74. The van der Waals surface area contributed by atoms with Crippen molar-refractivity contribution in [1.29, 1.82) is 0 Å². The number of para-hydroxylation sites is 1. The summed E-state index contributed by atoms with van der Waals surface area (Å²) in [4.78, 5) is 12.4. The van der Waals surface area contributed by atoms with Gasteiger partial charge in [0, 0.05) is 5.56 Å². The lowest BCUT2D eigenvalue weighted by molar-refractivity contribution is 0.0947. The minimum absolute atomic E-state index is 0.0467. The molecule has 0 fully saturated rings. The number of carbonyl (C=O) groups is 1. The van der Waals surface area contributed by atoms with Crippen molar-refractivity contribution in [3.63, 3.8) is 0 Å². The molecule has 3 aromatic carbocycles. The Morgan fingerprint density at radius 3 is 2.36 bits per heavy atom. The molecule has 0 aliphatic carbocycles. The number of benzene rings is 3. The summed E-state index contributed by atoms with van der Waals surface area (Å²) in [6, 6.07) is 19.2. The molecule has 0 heterocycles. The third-order valence-corrected chi connectivity index (χ3v) is 6.82. The summed E-state index contributed by atoms with van der Waals surface area (Å²) in [6.45, 7) is 2.70. The van der Waals surface area contributed by atoms with E-state index in [2.05, 4.69) is 5.32 Å². The molecule has 0 radical (unpaired) electrons. The van der Waals surface area contributed by atoms with Gasteiger partial charge in [-0.2, -0.15) is 0 Å². The summed E-state index contributed by atoms with van der Waals surface area (Å²) in [6.07, 6.45) is 1.10. The molecule has 0 saturated carbocycles. The zero-order valence-electron chi connectivity index (χ0n) is 18.2. The van der Waals surface area contributed by atoms with Gasteiger partial charge in [-0.3, -0.25) is 9.10 Å². The molecule has 0 unspecified atom stereocenters. The van der Waals surface area contributed by atoms with Crippen LogP contribution in [0.3, 0.4) is 0 Å². The average molecular weight is 507 g/mol. The lowest BCUT2D eigenvalue weighted by Crippen LogP contribution is -2.30. The molecule has 174 valence electrons. The standard InChI is InChI=1S/C24H24Cl2N2O4S/c1-17-6-3-4-9-22(17)32-15-14-27-24(29)19-12-10-18(11-13-19)16-28(33(2,30)31)21-8-5-7-20(25)23(21)26/h3-13H,14-16H2,1-2H3,(H,27,29). The zero-order valence-corrected chi connectivity index (χ0v) is 20.5. The molecule has 0 bridgehead atoms. The summed E-state index contributed by atoms with van der Waals surface area (Å²) >= 11 is 12.3. The van der Waals surface area contributed by atoms with Crippen LogP contribution in [0.5, 0.6) is 5.75 Å². The largest absolute Gasteiger partial charge is 0.491 e. The van der Waals surface area contributed by atoms with Gasteiger partial charge in [-0.25, -0.2) is 8.42 Å². The van der Waals surface area contributed by atoms with E-state index in [0.29, 0.717) is 30.0 Å². The summed E-state index contributed by atoms with van der Waals surface area (Å²) in [5, 5.41) is 3.24. The van der Waals surface area contributed by atoms with E-state index >= 15 is 0 Å². The van der Waals surface area contributed by atoms with Crippen molar-refractivity contribution in [2.45, 2.75) is 13.5 Å². The van der Waals surface area contributed by atoms with Crippen molar-refractivity contribution in [3.05, 3.63) is 93.5 Å². The number of hydrogen-bond acceptors (Lipinski definition) is 4. The van der Waals surface area contributed by atoms with Crippen molar-refractivity contribution in [1.82, 2.24) is 5.32 Å². The molecule has 3 aromatic rings. The highest BCUT2D eigenvalue weighted by Crippen LogP contribution is 2.34. The molecule has 1 N–H and O–H groups in total. The number of aryl methyl sites for hydroxylation is 1. The first-order chi connectivity index (χ1) is 15.7. The Morgan fingerprint density at radius 1 is 1.00 bits per heavy atom. The van der Waals surface area contributed by atoms with E-state index in [1.54, 1.807) is 42.5 Å². The maximum atomic E-state index is 12.4. The second-order valence-electron chi connectivity index (χ2n) is 7.41. The monoisotopic (exact) mass is 506 g/mol. The van der Waals surface area contributed by atoms with Crippen LogP contribution >= 0.6 is 23.2 Å². The van der Waals surface area contributed by atoms with Gasteiger partial charge in [-0.05, 0) is 48.4 Å². The number of anilines is 1. The normalized spacial score (nSPS) is 11.2. The Bertz CT molecular complexity index is 1230. The third-order valence-electron chi connectivity index (χ3n) is 4.88. The predicted octanol–water partition coefficient (Wildman–Crippen LogP) is 5.08. The maximum absolute atomic E-state index is 12.4. The molecule has 0 aliphatic rings. The van der Waals surface area contributed by atoms with Crippen LogP contribution in [0, 0.1) is 6.92 Å². The van der Waals surface area contributed by atoms with Gasteiger partial charge in [-0.1, -0.05) is 59.6 Å². The van der Waals surface area contributed by atoms with E-state index in [1.165, 1.54) is 4.31 Å². The number of nitrogens with zero attached hydrogens (tertiary/aromatic N) is 1. The molecular formula is C24H24Cl2N2O4S. The van der Waals surface area contributed by atoms with Crippen LogP contribution in [0.1, 0.15) is 21.5 Å². The lowest BCUT2D eigenvalue weighted by atomic mass is 10.1. The van der Waals surface area contributed by atoms with E-state index in [9.17, 15) is 13.2 Å². The van der Waals surface area contributed by atoms with Crippen LogP contribution in [0.2, 0.25) is 10.0 Å². The Labute approximate surface area is 204 Å². The Kier molecular flexibility index (Phi) is 8.24. The highest BCUT2D eigenvalue weighted by molar-refractivity contribution is 7.92. The molecule has 3 rings (SSSR count). The van der Waals surface area contributed by atoms with E-state index in [4.69, 9.17) is 27.9 Å². The van der Waals surface area contributed by atoms with Crippen molar-refractivity contribution < 1.29 is 17.9 Å². The molecule has 33 heavy (non-hydrogen) atoms. The fourth-order valence-corrected chi connectivity index (χ4v) is 4.48. The van der Waals surface area contributed by atoms with Crippen LogP contribution < -0.4 is 14.4 Å². The first-order valence-corrected chi connectivity index (χ1v) is 12.7. The second-order valence-corrected chi connectivity index (χ2v) is 10.1. The Balaban J connectivity index is 1.62. The van der Waals surface area contributed by atoms with Crippen LogP contribution in [0.25, 0.3) is 0 Å². The molecule has 6 nitrogen and oxygen atoms in total. The molecule has 0 aromatic heterocycles. The Morgan fingerprint density at radius 2 is 1.70 bits per heavy atom. The second kappa shape index (κ2) is 10.9. The first-order valence-electron chi connectivity index (χ1n) is 10.1. The van der Waals surface area contributed by atoms with Crippen molar-refractivity contribution in [2.24, 2.45) is 0 Å². The fraction of sp³-hybridized carbons (Fsp3) is 0.208. The summed E-state index contributed by atoms with van der Waals surface area (Å²) in [5.41, 5.74) is 2.47. The molecule has 0 atom stereocenters. The quantitative estimate of drug-likeness (QED) is 0.410. The van der Waals surface area contributed by atoms with Gasteiger partial charge in [0.2, 0.25) is 10.0 Å². The summed E-state index contributed by atoms with van der Waals surface area (Å²) in [7, 11) is -3.63. The fourth-order valence-electron chi connectivity index (χ4n) is 3.14. The van der Waals surface area contributed by atoms with Gasteiger partial charge in [-0.15, -0.1) is 0 Å². The predicted molar refractivity (Wildman–Crippen MR) is 133 cm³/mol. The topological polar surface area (TPSA) is 75.7 Å². The summed E-state index contributed by atoms with van der Waals surface area (Å²) in [5.74, 6) is 0.541. The molecule has 0 aliphatic heterocycles. The number of rotatable bonds is 9. The molecular weight excluding hydrogens is 483 g/mol. The average Bonchev–Trinajstić information content (AvgIpc) is 2.78. The smallest absolute Gasteiger partial charge is 0.251 e. The van der Waals surface area contributed by atoms with Crippen LogP contribution in [0.15, 0.2) is 66.7 Å². The van der Waals surface area contributed by atoms with E-state index in [0.717, 1.165) is 17.6 Å². The van der Waals surface area contributed by atoms with Gasteiger partial charge < -0.3 is 10.1 Å². The highest BCUT2D eigenvalue weighted by Gasteiger charge is 2.21. The van der Waals surface area contributed by atoms with Gasteiger partial charge >= 0.3 is 0 Å². The number of carbonyl (C=O) groups excluding carboxylic acids is 1. The minimum atomic E-state index is -3.63.